The molecule has 8 heteroatoms. The quantitative estimate of drug-likeness (QED) is 0.554. The van der Waals surface area contributed by atoms with Crippen molar-refractivity contribution in [2.75, 3.05) is 11.1 Å². The normalized spacial score (nSPS) is 12.0. The van der Waals surface area contributed by atoms with Gasteiger partial charge in [-0.3, -0.25) is 14.9 Å². The van der Waals surface area contributed by atoms with Gasteiger partial charge < -0.3 is 16.2 Å². The Bertz CT molecular complexity index is 554. The van der Waals surface area contributed by atoms with Crippen LogP contribution in [0.3, 0.4) is 0 Å². The van der Waals surface area contributed by atoms with E-state index in [1.54, 1.807) is 27.7 Å². The fourth-order valence-electron chi connectivity index (χ4n) is 1.44. The van der Waals surface area contributed by atoms with E-state index in [9.17, 15) is 20.0 Å². The highest BCUT2D eigenvalue weighted by Crippen LogP contribution is 2.34. The van der Waals surface area contributed by atoms with Gasteiger partial charge in [0.1, 0.15) is 5.82 Å². The van der Waals surface area contributed by atoms with E-state index in [2.05, 4.69) is 10.3 Å². The van der Waals surface area contributed by atoms with Gasteiger partial charge in [-0.1, -0.05) is 0 Å². The summed E-state index contributed by atoms with van der Waals surface area (Å²) in [4.78, 5) is 25.2. The minimum absolute atomic E-state index is 0.219. The third-order valence-corrected chi connectivity index (χ3v) is 3.64. The van der Waals surface area contributed by atoms with Gasteiger partial charge in [-0.2, -0.15) is 0 Å². The van der Waals surface area contributed by atoms with Crippen LogP contribution < -0.4 is 11.1 Å². The van der Waals surface area contributed by atoms with Crippen LogP contribution in [-0.4, -0.2) is 26.5 Å². The van der Waals surface area contributed by atoms with Crippen molar-refractivity contribution in [2.45, 2.75) is 33.2 Å². The predicted molar refractivity (Wildman–Crippen MR) is 74.4 cm³/mol. The molecule has 0 amide bonds. The molecule has 0 unspecified atom stereocenters. The second kappa shape index (κ2) is 4.95. The van der Waals surface area contributed by atoms with Gasteiger partial charge in [0.2, 0.25) is 5.82 Å². The van der Waals surface area contributed by atoms with E-state index < -0.39 is 21.8 Å². The Kier molecular flexibility index (Phi) is 3.88. The molecule has 0 bridgehead atoms. The van der Waals surface area contributed by atoms with E-state index in [1.807, 2.05) is 0 Å². The Morgan fingerprint density at radius 3 is 2.35 bits per heavy atom. The zero-order valence-corrected chi connectivity index (χ0v) is 11.8. The molecule has 1 aromatic heterocycles. The zero-order valence-electron chi connectivity index (χ0n) is 11.8. The fraction of sp³-hybridized carbons (Fsp3) is 0.500. The van der Waals surface area contributed by atoms with Crippen LogP contribution in [0.5, 0.6) is 0 Å². The van der Waals surface area contributed by atoms with Crippen LogP contribution in [0.4, 0.5) is 17.3 Å². The molecule has 0 radical (unpaired) electrons. The number of nitrogens with one attached hydrogen (secondary N) is 1. The molecule has 20 heavy (non-hydrogen) atoms. The molecule has 110 valence electrons. The largest absolute Gasteiger partial charge is 0.481 e. The molecule has 1 rings (SSSR count). The summed E-state index contributed by atoms with van der Waals surface area (Å²) < 4.78 is 0. The lowest BCUT2D eigenvalue weighted by Gasteiger charge is -2.39. The number of nitrogens with zero attached hydrogens (tertiary/aromatic N) is 2. The maximum absolute atomic E-state index is 11.3. The lowest BCUT2D eigenvalue weighted by molar-refractivity contribution is -0.384. The van der Waals surface area contributed by atoms with E-state index in [4.69, 9.17) is 5.73 Å². The van der Waals surface area contributed by atoms with E-state index in [-0.39, 0.29) is 17.3 Å². The summed E-state index contributed by atoms with van der Waals surface area (Å²) in [6, 6.07) is 2.63. The summed E-state index contributed by atoms with van der Waals surface area (Å²) in [5.74, 6) is -0.902. The van der Waals surface area contributed by atoms with Crippen LogP contribution >= 0.6 is 0 Å². The number of aromatic nitrogens is 1. The van der Waals surface area contributed by atoms with Crippen molar-refractivity contribution in [3.8, 4) is 0 Å². The number of nitro groups is 1. The fourth-order valence-corrected chi connectivity index (χ4v) is 1.44. The van der Waals surface area contributed by atoms with Crippen LogP contribution in [0.25, 0.3) is 0 Å². The molecule has 0 aromatic carbocycles. The summed E-state index contributed by atoms with van der Waals surface area (Å²) >= 11 is 0. The molecule has 0 spiro atoms. The van der Waals surface area contributed by atoms with Crippen LogP contribution in [-0.2, 0) is 4.79 Å². The Balaban J connectivity index is 3.08. The molecule has 0 aliphatic rings. The monoisotopic (exact) mass is 282 g/mol. The smallest absolute Gasteiger partial charge is 0.311 e. The van der Waals surface area contributed by atoms with Crippen LogP contribution in [0.15, 0.2) is 12.1 Å². The lowest BCUT2D eigenvalue weighted by Crippen LogP contribution is -2.50. The first-order valence-electron chi connectivity index (χ1n) is 5.91. The average molecular weight is 282 g/mol. The van der Waals surface area contributed by atoms with Gasteiger partial charge in [0.05, 0.1) is 10.3 Å². The van der Waals surface area contributed by atoms with Crippen molar-refractivity contribution < 1.29 is 14.8 Å². The summed E-state index contributed by atoms with van der Waals surface area (Å²) in [6.45, 7) is 6.58. The minimum atomic E-state index is -1.08. The number of rotatable bonds is 5. The van der Waals surface area contributed by atoms with Gasteiger partial charge in [-0.15, -0.1) is 0 Å². The van der Waals surface area contributed by atoms with Crippen molar-refractivity contribution in [3.05, 3.63) is 22.2 Å². The summed E-state index contributed by atoms with van der Waals surface area (Å²) in [6.07, 6.45) is 0. The van der Waals surface area contributed by atoms with Crippen molar-refractivity contribution in [1.82, 2.24) is 4.98 Å². The standard InChI is InChI=1S/C12H18N4O4/c1-11(2,10(17)18)12(3,4)15-8-6-5-7(16(19)20)9(13)14-8/h5-6H,1-4H3,(H,17,18)(H3,13,14,15). The molecule has 0 fully saturated rings. The number of anilines is 2. The summed E-state index contributed by atoms with van der Waals surface area (Å²) in [5.41, 5.74) is 3.30. The van der Waals surface area contributed by atoms with Crippen LogP contribution in [0.2, 0.25) is 0 Å². The van der Waals surface area contributed by atoms with Gasteiger partial charge in [-0.05, 0) is 33.8 Å². The average Bonchev–Trinajstić information content (AvgIpc) is 2.27. The first kappa shape index (κ1) is 15.7. The number of carbonyl (C=O) groups is 1. The number of aliphatic carboxylic acids is 1. The molecule has 0 saturated heterocycles. The topological polar surface area (TPSA) is 131 Å². The summed E-state index contributed by atoms with van der Waals surface area (Å²) in [5, 5.41) is 22.9. The third-order valence-electron chi connectivity index (χ3n) is 3.64. The zero-order chi connectivity index (χ0) is 15.7. The number of hydrogen-bond donors (Lipinski definition) is 3. The predicted octanol–water partition coefficient (Wildman–Crippen LogP) is 1.87. The number of carboxylic acid groups (broad SMARTS) is 1. The second-order valence-corrected chi connectivity index (χ2v) is 5.54. The van der Waals surface area contributed by atoms with Gasteiger partial charge in [-0.25, -0.2) is 4.98 Å². The van der Waals surface area contributed by atoms with E-state index in [0.29, 0.717) is 0 Å². The van der Waals surface area contributed by atoms with Gasteiger partial charge in [0, 0.05) is 11.6 Å². The van der Waals surface area contributed by atoms with Crippen LogP contribution in [0, 0.1) is 15.5 Å². The highest BCUT2D eigenvalue weighted by Gasteiger charge is 2.43. The minimum Gasteiger partial charge on any atom is -0.481 e. The first-order chi connectivity index (χ1) is 8.99. The number of pyridine rings is 1. The van der Waals surface area contributed by atoms with E-state index in [0.717, 1.165) is 0 Å². The molecule has 4 N–H and O–H groups in total. The molecule has 1 heterocycles. The molecule has 0 atom stereocenters. The third kappa shape index (κ3) is 2.79. The van der Waals surface area contributed by atoms with Crippen molar-refractivity contribution in [2.24, 2.45) is 5.41 Å². The van der Waals surface area contributed by atoms with Gasteiger partial charge in [0.15, 0.2) is 0 Å². The van der Waals surface area contributed by atoms with Gasteiger partial charge in [0.25, 0.3) is 0 Å². The highest BCUT2D eigenvalue weighted by molar-refractivity contribution is 5.76. The summed E-state index contributed by atoms with van der Waals surface area (Å²) in [7, 11) is 0. The number of nitrogen functional groups attached to an aromatic ring is 1. The highest BCUT2D eigenvalue weighted by atomic mass is 16.6. The molecule has 0 saturated carbocycles. The van der Waals surface area contributed by atoms with Crippen molar-refractivity contribution in [1.29, 1.82) is 0 Å². The second-order valence-electron chi connectivity index (χ2n) is 5.54. The van der Waals surface area contributed by atoms with Crippen molar-refractivity contribution in [3.63, 3.8) is 0 Å². The Hall–Kier alpha value is -2.38. The molecule has 1 aromatic rings. The van der Waals surface area contributed by atoms with E-state index >= 15 is 0 Å². The Morgan fingerprint density at radius 2 is 1.95 bits per heavy atom. The first-order valence-corrected chi connectivity index (χ1v) is 5.91. The maximum atomic E-state index is 11.3. The van der Waals surface area contributed by atoms with E-state index in [1.165, 1.54) is 12.1 Å². The maximum Gasteiger partial charge on any atom is 0.311 e. The molecule has 0 aliphatic heterocycles. The molecular weight excluding hydrogens is 264 g/mol. The molecule has 8 nitrogen and oxygen atoms in total. The SMILES string of the molecule is CC(C)(Nc1ccc([N+](=O)[O-])c(N)n1)C(C)(C)C(=O)O. The number of nitrogens with two attached hydrogens (primary N) is 1. The molecule has 0 aliphatic carbocycles. The Labute approximate surface area is 116 Å². The number of hydrogen-bond acceptors (Lipinski definition) is 6. The van der Waals surface area contributed by atoms with Crippen molar-refractivity contribution >= 4 is 23.3 Å². The lowest BCUT2D eigenvalue weighted by atomic mass is 9.74. The number of carboxylic acids is 1. The van der Waals surface area contributed by atoms with Gasteiger partial charge >= 0.3 is 11.7 Å². The molecular formula is C12H18N4O4. The van der Waals surface area contributed by atoms with Crippen LogP contribution in [0.1, 0.15) is 27.7 Å². The Morgan fingerprint density at radius 1 is 1.40 bits per heavy atom.